The molecule has 1 saturated heterocycles. The Morgan fingerprint density at radius 1 is 1.03 bits per heavy atom. The van der Waals surface area contributed by atoms with Gasteiger partial charge in [0.1, 0.15) is 5.69 Å². The Balaban J connectivity index is 1.50. The second kappa shape index (κ2) is 8.45. The minimum atomic E-state index is -0.351. The highest BCUT2D eigenvalue weighted by molar-refractivity contribution is 6.34. The molecule has 1 N–H and O–H groups in total. The number of hydrogen-bond donors (Lipinski definition) is 1. The standard InChI is InChI=1S/C22H25ClN6O/c1-15-14-16(2)29(26-15)20-9-8-19(23)21(25-20)22(30)24-17-4-6-18(7-5-17)28-12-10-27(3)11-13-28/h4-9,14H,10-13H2,1-3H3,(H,24,30). The van der Waals surface area contributed by atoms with Gasteiger partial charge in [-0.2, -0.15) is 5.10 Å². The Morgan fingerprint density at radius 3 is 2.37 bits per heavy atom. The smallest absolute Gasteiger partial charge is 0.275 e. The van der Waals surface area contributed by atoms with Crippen molar-refractivity contribution in [3.63, 3.8) is 0 Å². The van der Waals surface area contributed by atoms with E-state index < -0.39 is 0 Å². The number of benzene rings is 1. The Labute approximate surface area is 181 Å². The molecule has 1 aromatic carbocycles. The van der Waals surface area contributed by atoms with E-state index in [4.69, 9.17) is 11.6 Å². The van der Waals surface area contributed by atoms with Gasteiger partial charge in [0.2, 0.25) is 0 Å². The summed E-state index contributed by atoms with van der Waals surface area (Å²) in [5.41, 5.74) is 3.85. The first-order valence-corrected chi connectivity index (χ1v) is 10.3. The first-order valence-electron chi connectivity index (χ1n) is 9.96. The molecular weight excluding hydrogens is 400 g/mol. The highest BCUT2D eigenvalue weighted by Crippen LogP contribution is 2.22. The number of pyridine rings is 1. The quantitative estimate of drug-likeness (QED) is 0.693. The van der Waals surface area contributed by atoms with Gasteiger partial charge in [-0.05, 0) is 63.4 Å². The lowest BCUT2D eigenvalue weighted by atomic mass is 10.2. The summed E-state index contributed by atoms with van der Waals surface area (Å²) in [5.74, 6) is 0.205. The van der Waals surface area contributed by atoms with Crippen molar-refractivity contribution in [3.05, 3.63) is 64.6 Å². The Morgan fingerprint density at radius 2 is 1.73 bits per heavy atom. The van der Waals surface area contributed by atoms with Crippen molar-refractivity contribution in [1.29, 1.82) is 0 Å². The van der Waals surface area contributed by atoms with Gasteiger partial charge >= 0.3 is 0 Å². The predicted molar refractivity (Wildman–Crippen MR) is 120 cm³/mol. The van der Waals surface area contributed by atoms with E-state index in [9.17, 15) is 4.79 Å². The predicted octanol–water partition coefficient (Wildman–Crippen LogP) is 3.54. The van der Waals surface area contributed by atoms with Crippen LogP contribution in [0.1, 0.15) is 21.9 Å². The molecule has 7 nitrogen and oxygen atoms in total. The molecule has 0 radical (unpaired) electrons. The maximum absolute atomic E-state index is 12.8. The van der Waals surface area contributed by atoms with Gasteiger partial charge < -0.3 is 15.1 Å². The van der Waals surface area contributed by atoms with Gasteiger partial charge in [0.25, 0.3) is 5.91 Å². The van der Waals surface area contributed by atoms with E-state index in [1.807, 2.05) is 44.2 Å². The zero-order chi connectivity index (χ0) is 21.3. The first-order chi connectivity index (χ1) is 14.4. The van der Waals surface area contributed by atoms with Crippen molar-refractivity contribution >= 4 is 28.9 Å². The average molecular weight is 425 g/mol. The van der Waals surface area contributed by atoms with E-state index in [2.05, 4.69) is 32.2 Å². The summed E-state index contributed by atoms with van der Waals surface area (Å²) in [6.07, 6.45) is 0. The number of likely N-dealkylation sites (N-methyl/N-ethyl adjacent to an activating group) is 1. The molecule has 156 valence electrons. The van der Waals surface area contributed by atoms with Gasteiger partial charge in [0.15, 0.2) is 5.82 Å². The van der Waals surface area contributed by atoms with Crippen molar-refractivity contribution in [3.8, 4) is 5.82 Å². The number of piperazine rings is 1. The molecule has 0 bridgehead atoms. The Hall–Kier alpha value is -2.90. The number of carbonyl (C=O) groups excluding carboxylic acids is 1. The number of nitrogens with zero attached hydrogens (tertiary/aromatic N) is 5. The molecule has 0 atom stereocenters. The van der Waals surface area contributed by atoms with Crippen LogP contribution in [-0.2, 0) is 0 Å². The third-order valence-electron chi connectivity index (χ3n) is 5.27. The maximum atomic E-state index is 12.8. The summed E-state index contributed by atoms with van der Waals surface area (Å²) < 4.78 is 1.70. The molecular formula is C22H25ClN6O. The van der Waals surface area contributed by atoms with Crippen molar-refractivity contribution < 1.29 is 4.79 Å². The number of aromatic nitrogens is 3. The van der Waals surface area contributed by atoms with Crippen molar-refractivity contribution in [2.45, 2.75) is 13.8 Å². The number of carbonyl (C=O) groups is 1. The number of amides is 1. The Bertz CT molecular complexity index is 1050. The molecule has 1 amide bonds. The van der Waals surface area contributed by atoms with Gasteiger partial charge in [0, 0.05) is 43.2 Å². The van der Waals surface area contributed by atoms with Crippen molar-refractivity contribution in [2.24, 2.45) is 0 Å². The molecule has 30 heavy (non-hydrogen) atoms. The van der Waals surface area contributed by atoms with Crippen molar-refractivity contribution in [2.75, 3.05) is 43.4 Å². The fourth-order valence-electron chi connectivity index (χ4n) is 3.58. The SMILES string of the molecule is Cc1cc(C)n(-c2ccc(Cl)c(C(=O)Nc3ccc(N4CCN(C)CC4)cc3)n2)n1. The second-order valence-corrected chi connectivity index (χ2v) is 8.04. The zero-order valence-electron chi connectivity index (χ0n) is 17.4. The lowest BCUT2D eigenvalue weighted by Gasteiger charge is -2.34. The molecule has 0 saturated carbocycles. The lowest BCUT2D eigenvalue weighted by Crippen LogP contribution is -2.44. The average Bonchev–Trinajstić information content (AvgIpc) is 3.07. The highest BCUT2D eigenvalue weighted by Gasteiger charge is 2.17. The minimum Gasteiger partial charge on any atom is -0.369 e. The summed E-state index contributed by atoms with van der Waals surface area (Å²) in [5, 5.41) is 7.62. The van der Waals surface area contributed by atoms with E-state index in [0.29, 0.717) is 16.5 Å². The van der Waals surface area contributed by atoms with Gasteiger partial charge in [-0.3, -0.25) is 4.79 Å². The molecule has 8 heteroatoms. The molecule has 3 aromatic rings. The van der Waals surface area contributed by atoms with Crippen LogP contribution in [0.15, 0.2) is 42.5 Å². The topological polar surface area (TPSA) is 66.3 Å². The summed E-state index contributed by atoms with van der Waals surface area (Å²) in [7, 11) is 2.14. The zero-order valence-corrected chi connectivity index (χ0v) is 18.1. The van der Waals surface area contributed by atoms with E-state index in [1.54, 1.807) is 16.8 Å². The van der Waals surface area contributed by atoms with Gasteiger partial charge in [0.05, 0.1) is 10.7 Å². The van der Waals surface area contributed by atoms with E-state index in [1.165, 1.54) is 0 Å². The molecule has 1 aliphatic heterocycles. The number of anilines is 2. The summed E-state index contributed by atoms with van der Waals surface area (Å²) in [6, 6.07) is 13.3. The first kappa shape index (κ1) is 20.4. The van der Waals surface area contributed by atoms with Crippen molar-refractivity contribution in [1.82, 2.24) is 19.7 Å². The highest BCUT2D eigenvalue weighted by atomic mass is 35.5. The molecule has 1 fully saturated rings. The van der Waals surface area contributed by atoms with Crippen LogP contribution >= 0.6 is 11.6 Å². The van der Waals surface area contributed by atoms with E-state index >= 15 is 0 Å². The maximum Gasteiger partial charge on any atom is 0.275 e. The number of rotatable bonds is 4. The molecule has 0 aliphatic carbocycles. The number of hydrogen-bond acceptors (Lipinski definition) is 5. The van der Waals surface area contributed by atoms with E-state index in [-0.39, 0.29) is 11.6 Å². The molecule has 0 spiro atoms. The lowest BCUT2D eigenvalue weighted by molar-refractivity contribution is 0.102. The van der Waals surface area contributed by atoms with Crippen LogP contribution in [0, 0.1) is 13.8 Å². The number of nitrogens with one attached hydrogen (secondary N) is 1. The fraction of sp³-hybridized carbons (Fsp3) is 0.318. The molecule has 1 aliphatic rings. The molecule has 0 unspecified atom stereocenters. The van der Waals surface area contributed by atoms with Crippen LogP contribution in [0.2, 0.25) is 5.02 Å². The van der Waals surface area contributed by atoms with Gasteiger partial charge in [-0.25, -0.2) is 9.67 Å². The van der Waals surface area contributed by atoms with Crippen LogP contribution < -0.4 is 10.2 Å². The van der Waals surface area contributed by atoms with Crippen LogP contribution in [-0.4, -0.2) is 58.8 Å². The third kappa shape index (κ3) is 4.32. The number of aryl methyl sites for hydroxylation is 2. The Kier molecular flexibility index (Phi) is 5.74. The molecule has 3 heterocycles. The molecule has 4 rings (SSSR count). The summed E-state index contributed by atoms with van der Waals surface area (Å²) >= 11 is 6.26. The monoisotopic (exact) mass is 424 g/mol. The normalized spacial score (nSPS) is 14.7. The van der Waals surface area contributed by atoms with E-state index in [0.717, 1.165) is 43.3 Å². The molecule has 2 aromatic heterocycles. The van der Waals surface area contributed by atoms with Gasteiger partial charge in [-0.1, -0.05) is 11.6 Å². The minimum absolute atomic E-state index is 0.171. The van der Waals surface area contributed by atoms with Crippen LogP contribution in [0.3, 0.4) is 0 Å². The summed E-state index contributed by atoms with van der Waals surface area (Å²) in [6.45, 7) is 7.96. The van der Waals surface area contributed by atoms with Crippen LogP contribution in [0.5, 0.6) is 0 Å². The largest absolute Gasteiger partial charge is 0.369 e. The summed E-state index contributed by atoms with van der Waals surface area (Å²) in [4.78, 5) is 22.0. The fourth-order valence-corrected chi connectivity index (χ4v) is 3.77. The second-order valence-electron chi connectivity index (χ2n) is 7.63. The number of halogens is 1. The van der Waals surface area contributed by atoms with Gasteiger partial charge in [-0.15, -0.1) is 0 Å². The third-order valence-corrected chi connectivity index (χ3v) is 5.57. The van der Waals surface area contributed by atoms with Crippen LogP contribution in [0.25, 0.3) is 5.82 Å². The van der Waals surface area contributed by atoms with Crippen LogP contribution in [0.4, 0.5) is 11.4 Å².